The number of benzene rings is 1. The molecule has 0 saturated heterocycles. The van der Waals surface area contributed by atoms with Crippen molar-refractivity contribution < 1.29 is 18.3 Å². The fourth-order valence-corrected chi connectivity index (χ4v) is 1.61. The Balaban J connectivity index is 3.39. The van der Waals surface area contributed by atoms with Gasteiger partial charge in [0, 0.05) is 12.1 Å². The third kappa shape index (κ3) is 2.91. The van der Waals surface area contributed by atoms with E-state index in [4.69, 9.17) is 5.73 Å². The number of halogens is 3. The third-order valence-electron chi connectivity index (χ3n) is 2.92. The molecule has 0 amide bonds. The molecule has 0 fully saturated rings. The van der Waals surface area contributed by atoms with Gasteiger partial charge in [-0.1, -0.05) is 19.9 Å². The Labute approximate surface area is 98.3 Å². The molecule has 0 spiro atoms. The van der Waals surface area contributed by atoms with E-state index in [9.17, 15) is 18.3 Å². The summed E-state index contributed by atoms with van der Waals surface area (Å²) in [7, 11) is 0. The molecule has 0 radical (unpaired) electrons. The maximum atomic E-state index is 12.7. The molecule has 0 aliphatic rings. The van der Waals surface area contributed by atoms with E-state index in [2.05, 4.69) is 0 Å². The monoisotopic (exact) mass is 247 g/mol. The lowest BCUT2D eigenvalue weighted by atomic mass is 9.93. The first-order valence-corrected chi connectivity index (χ1v) is 5.44. The highest BCUT2D eigenvalue weighted by Gasteiger charge is 2.35. The van der Waals surface area contributed by atoms with Gasteiger partial charge in [0.05, 0.1) is 5.56 Å². The molecule has 0 aliphatic heterocycles. The van der Waals surface area contributed by atoms with Gasteiger partial charge in [0.1, 0.15) is 5.75 Å². The lowest BCUT2D eigenvalue weighted by molar-refractivity contribution is -0.138. The van der Waals surface area contributed by atoms with E-state index in [1.165, 1.54) is 0 Å². The Morgan fingerprint density at radius 2 is 1.94 bits per heavy atom. The van der Waals surface area contributed by atoms with Gasteiger partial charge in [-0.25, -0.2) is 0 Å². The highest BCUT2D eigenvalue weighted by molar-refractivity contribution is 5.46. The molecule has 2 nitrogen and oxygen atoms in total. The van der Waals surface area contributed by atoms with Crippen molar-refractivity contribution in [3.63, 3.8) is 0 Å². The number of alkyl halides is 3. The first-order chi connectivity index (χ1) is 7.81. The smallest absolute Gasteiger partial charge is 0.419 e. The molecule has 96 valence electrons. The first kappa shape index (κ1) is 13.8. The SMILES string of the molecule is CCC(C)c1cc(CN)c(O)c(C(F)(F)F)c1. The molecule has 1 unspecified atom stereocenters. The highest BCUT2D eigenvalue weighted by Crippen LogP contribution is 2.39. The van der Waals surface area contributed by atoms with Crippen LogP contribution >= 0.6 is 0 Å². The molecular formula is C12H16F3NO. The van der Waals surface area contributed by atoms with E-state index in [0.29, 0.717) is 5.56 Å². The Hall–Kier alpha value is -1.23. The predicted molar refractivity (Wildman–Crippen MR) is 59.7 cm³/mol. The number of phenolic OH excluding ortho intramolecular Hbond substituents is 1. The minimum atomic E-state index is -4.56. The minimum absolute atomic E-state index is 0.00185. The summed E-state index contributed by atoms with van der Waals surface area (Å²) in [5.74, 6) is -0.756. The number of nitrogens with two attached hydrogens (primary N) is 1. The fourth-order valence-electron chi connectivity index (χ4n) is 1.61. The second-order valence-corrected chi connectivity index (χ2v) is 4.09. The van der Waals surface area contributed by atoms with E-state index in [0.717, 1.165) is 12.5 Å². The van der Waals surface area contributed by atoms with Crippen LogP contribution in [0.2, 0.25) is 0 Å². The van der Waals surface area contributed by atoms with Gasteiger partial charge in [-0.05, 0) is 24.0 Å². The summed E-state index contributed by atoms with van der Waals surface area (Å²) < 4.78 is 38.1. The van der Waals surface area contributed by atoms with E-state index in [1.54, 1.807) is 6.07 Å². The zero-order chi connectivity index (χ0) is 13.2. The fraction of sp³-hybridized carbons (Fsp3) is 0.500. The van der Waals surface area contributed by atoms with E-state index < -0.39 is 17.5 Å². The summed E-state index contributed by atoms with van der Waals surface area (Å²) >= 11 is 0. The van der Waals surface area contributed by atoms with Gasteiger partial charge >= 0.3 is 6.18 Å². The van der Waals surface area contributed by atoms with Crippen molar-refractivity contribution in [1.82, 2.24) is 0 Å². The second-order valence-electron chi connectivity index (χ2n) is 4.09. The third-order valence-corrected chi connectivity index (χ3v) is 2.92. The number of rotatable bonds is 3. The van der Waals surface area contributed by atoms with Gasteiger partial charge in [-0.2, -0.15) is 13.2 Å². The van der Waals surface area contributed by atoms with Crippen molar-refractivity contribution >= 4 is 0 Å². The van der Waals surface area contributed by atoms with Crippen LogP contribution in [0.25, 0.3) is 0 Å². The summed E-state index contributed by atoms with van der Waals surface area (Å²) in [5, 5.41) is 9.50. The second kappa shape index (κ2) is 4.96. The zero-order valence-electron chi connectivity index (χ0n) is 9.80. The van der Waals surface area contributed by atoms with Gasteiger partial charge in [-0.3, -0.25) is 0 Å². The van der Waals surface area contributed by atoms with E-state index in [-0.39, 0.29) is 18.0 Å². The van der Waals surface area contributed by atoms with Gasteiger partial charge in [-0.15, -0.1) is 0 Å². The summed E-state index contributed by atoms with van der Waals surface area (Å²) in [5.41, 5.74) is 5.03. The van der Waals surface area contributed by atoms with Crippen molar-refractivity contribution in [2.75, 3.05) is 0 Å². The van der Waals surface area contributed by atoms with Crippen molar-refractivity contribution in [2.24, 2.45) is 5.73 Å². The standard InChI is InChI=1S/C12H16F3NO/c1-3-7(2)8-4-9(6-16)11(17)10(5-8)12(13,14)15/h4-5,7,17H,3,6,16H2,1-2H3. The van der Waals surface area contributed by atoms with Crippen molar-refractivity contribution in [1.29, 1.82) is 0 Å². The number of phenols is 1. The molecule has 0 aromatic heterocycles. The maximum Gasteiger partial charge on any atom is 0.419 e. The maximum absolute atomic E-state index is 12.7. The normalized spacial score (nSPS) is 13.8. The van der Waals surface area contributed by atoms with Crippen LogP contribution in [0.15, 0.2) is 12.1 Å². The molecule has 17 heavy (non-hydrogen) atoms. The highest BCUT2D eigenvalue weighted by atomic mass is 19.4. The predicted octanol–water partition coefficient (Wildman–Crippen LogP) is 3.38. The lowest BCUT2D eigenvalue weighted by Gasteiger charge is -2.17. The number of hydrogen-bond acceptors (Lipinski definition) is 2. The lowest BCUT2D eigenvalue weighted by Crippen LogP contribution is -2.10. The Morgan fingerprint density at radius 1 is 1.35 bits per heavy atom. The van der Waals surface area contributed by atoms with Crippen molar-refractivity contribution in [3.8, 4) is 5.75 Å². The van der Waals surface area contributed by atoms with E-state index >= 15 is 0 Å². The number of aromatic hydroxyl groups is 1. The molecule has 0 aliphatic carbocycles. The van der Waals surface area contributed by atoms with Crippen LogP contribution in [0.5, 0.6) is 5.75 Å². The van der Waals surface area contributed by atoms with Gasteiger partial charge in [0.2, 0.25) is 0 Å². The average Bonchev–Trinajstić information content (AvgIpc) is 2.26. The quantitative estimate of drug-likeness (QED) is 0.860. The molecule has 1 rings (SSSR count). The molecule has 1 atom stereocenters. The molecule has 1 aromatic rings. The van der Waals surface area contributed by atoms with E-state index in [1.807, 2.05) is 13.8 Å². The van der Waals surface area contributed by atoms with Crippen LogP contribution in [0.1, 0.15) is 42.9 Å². The van der Waals surface area contributed by atoms with Gasteiger partial charge in [0.15, 0.2) is 0 Å². The summed E-state index contributed by atoms with van der Waals surface area (Å²) in [6, 6.07) is 2.54. The van der Waals surface area contributed by atoms with Crippen LogP contribution < -0.4 is 5.73 Å². The Bertz CT molecular complexity index is 401. The molecule has 3 N–H and O–H groups in total. The van der Waals surface area contributed by atoms with Gasteiger partial charge in [0.25, 0.3) is 0 Å². The molecule has 0 saturated carbocycles. The Morgan fingerprint density at radius 3 is 2.35 bits per heavy atom. The molecule has 0 heterocycles. The van der Waals surface area contributed by atoms with Crippen LogP contribution in [0, 0.1) is 0 Å². The molecule has 0 bridgehead atoms. The summed E-state index contributed by atoms with van der Waals surface area (Å²) in [6.45, 7) is 3.62. The summed E-state index contributed by atoms with van der Waals surface area (Å²) in [6.07, 6.45) is -3.83. The zero-order valence-corrected chi connectivity index (χ0v) is 9.80. The number of hydrogen-bond donors (Lipinski definition) is 2. The van der Waals surface area contributed by atoms with Crippen LogP contribution in [0.3, 0.4) is 0 Å². The topological polar surface area (TPSA) is 46.2 Å². The largest absolute Gasteiger partial charge is 0.507 e. The Kier molecular flexibility index (Phi) is 4.03. The first-order valence-electron chi connectivity index (χ1n) is 5.44. The molecule has 1 aromatic carbocycles. The van der Waals surface area contributed by atoms with Crippen LogP contribution in [0.4, 0.5) is 13.2 Å². The van der Waals surface area contributed by atoms with Crippen molar-refractivity contribution in [2.45, 2.75) is 38.9 Å². The molecular weight excluding hydrogens is 231 g/mol. The van der Waals surface area contributed by atoms with Crippen LogP contribution in [-0.4, -0.2) is 5.11 Å². The van der Waals surface area contributed by atoms with Crippen LogP contribution in [-0.2, 0) is 12.7 Å². The van der Waals surface area contributed by atoms with Gasteiger partial charge < -0.3 is 10.8 Å². The summed E-state index contributed by atoms with van der Waals surface area (Å²) in [4.78, 5) is 0. The average molecular weight is 247 g/mol. The minimum Gasteiger partial charge on any atom is -0.507 e. The van der Waals surface area contributed by atoms with Crippen molar-refractivity contribution in [3.05, 3.63) is 28.8 Å². The molecule has 5 heteroatoms.